The molecule has 11 nitrogen and oxygen atoms in total. The Morgan fingerprint density at radius 2 is 1.50 bits per heavy atom. The van der Waals surface area contributed by atoms with E-state index in [-0.39, 0.29) is 23.1 Å². The number of anilines is 3. The van der Waals surface area contributed by atoms with Crippen molar-refractivity contribution in [2.45, 2.75) is 30.4 Å². The van der Waals surface area contributed by atoms with Crippen molar-refractivity contribution in [1.29, 1.82) is 5.26 Å². The molecule has 1 aromatic heterocycles. The Kier molecular flexibility index (Phi) is 13.3. The predicted molar refractivity (Wildman–Crippen MR) is 213 cm³/mol. The fraction of sp³-hybridized carbons (Fsp3) is 0.146. The standard InChI is InChI=1S/C41H37N5O6S2/c1-5-35(39(49)46-41-31(24-42)25(2)36(54-41)40(50)43-28-15-10-7-11-16-28)53-30-18-12-17-29(23-30)44-38(48)32(45-37(47)27-13-8-6-9-14-27)21-26-19-20-33(51-3)34(22-26)52-4/h6-23,35H,5H2,1-4H3,(H,43,50)(H,44,48)(H,45,47)(H,46,49)/b32-21+. The van der Waals surface area contributed by atoms with Crippen molar-refractivity contribution in [3.63, 3.8) is 0 Å². The second-order valence-corrected chi connectivity index (χ2v) is 14.0. The van der Waals surface area contributed by atoms with Crippen LogP contribution in [-0.2, 0) is 9.59 Å². The molecule has 0 radical (unpaired) electrons. The highest BCUT2D eigenvalue weighted by Gasteiger charge is 2.25. The van der Waals surface area contributed by atoms with Crippen LogP contribution in [0.15, 0.2) is 114 Å². The van der Waals surface area contributed by atoms with E-state index >= 15 is 0 Å². The first-order chi connectivity index (χ1) is 26.1. The zero-order valence-electron chi connectivity index (χ0n) is 29.9. The maximum Gasteiger partial charge on any atom is 0.272 e. The van der Waals surface area contributed by atoms with Gasteiger partial charge in [-0.3, -0.25) is 19.2 Å². The van der Waals surface area contributed by atoms with Crippen molar-refractivity contribution in [1.82, 2.24) is 5.32 Å². The highest BCUT2D eigenvalue weighted by atomic mass is 32.2. The lowest BCUT2D eigenvalue weighted by molar-refractivity contribution is -0.116. The summed E-state index contributed by atoms with van der Waals surface area (Å²) in [6.07, 6.45) is 1.98. The molecule has 0 bridgehead atoms. The van der Waals surface area contributed by atoms with Crippen LogP contribution in [0.3, 0.4) is 0 Å². The quantitative estimate of drug-likeness (QED) is 0.0653. The summed E-state index contributed by atoms with van der Waals surface area (Å²) in [5, 5.41) is 20.9. The van der Waals surface area contributed by atoms with Crippen LogP contribution in [-0.4, -0.2) is 43.1 Å². The number of benzene rings is 4. The molecule has 1 atom stereocenters. The van der Waals surface area contributed by atoms with E-state index in [0.29, 0.717) is 60.8 Å². The van der Waals surface area contributed by atoms with Gasteiger partial charge in [-0.15, -0.1) is 23.1 Å². The molecule has 54 heavy (non-hydrogen) atoms. The van der Waals surface area contributed by atoms with Gasteiger partial charge in [-0.2, -0.15) is 5.26 Å². The van der Waals surface area contributed by atoms with Crippen LogP contribution >= 0.6 is 23.1 Å². The number of nitrogens with one attached hydrogen (secondary N) is 4. The fourth-order valence-electron chi connectivity index (χ4n) is 5.24. The summed E-state index contributed by atoms with van der Waals surface area (Å²) in [5.74, 6) is -0.801. The van der Waals surface area contributed by atoms with Gasteiger partial charge in [0.15, 0.2) is 11.5 Å². The highest BCUT2D eigenvalue weighted by molar-refractivity contribution is 8.00. The number of nitriles is 1. The molecule has 4 aromatic carbocycles. The number of para-hydroxylation sites is 1. The lowest BCUT2D eigenvalue weighted by Crippen LogP contribution is -2.30. The Morgan fingerprint density at radius 3 is 2.17 bits per heavy atom. The minimum atomic E-state index is -0.579. The normalized spacial score (nSPS) is 11.4. The highest BCUT2D eigenvalue weighted by Crippen LogP contribution is 2.35. The van der Waals surface area contributed by atoms with Crippen molar-refractivity contribution < 1.29 is 28.7 Å². The fourth-order valence-corrected chi connectivity index (χ4v) is 7.31. The van der Waals surface area contributed by atoms with E-state index in [1.54, 1.807) is 97.9 Å². The largest absolute Gasteiger partial charge is 0.493 e. The second-order valence-electron chi connectivity index (χ2n) is 11.7. The summed E-state index contributed by atoms with van der Waals surface area (Å²) in [5.41, 5.74) is 2.69. The number of hydrogen-bond donors (Lipinski definition) is 4. The number of hydrogen-bond acceptors (Lipinski definition) is 9. The van der Waals surface area contributed by atoms with Crippen LogP contribution < -0.4 is 30.7 Å². The molecule has 1 heterocycles. The van der Waals surface area contributed by atoms with Gasteiger partial charge >= 0.3 is 0 Å². The number of carbonyl (C=O) groups excluding carboxylic acids is 4. The van der Waals surface area contributed by atoms with E-state index in [1.165, 1.54) is 32.1 Å². The van der Waals surface area contributed by atoms with E-state index in [0.717, 1.165) is 11.3 Å². The average Bonchev–Trinajstić information content (AvgIpc) is 3.51. The first kappa shape index (κ1) is 38.9. The van der Waals surface area contributed by atoms with E-state index in [1.807, 2.05) is 19.1 Å². The van der Waals surface area contributed by atoms with Gasteiger partial charge < -0.3 is 30.7 Å². The Balaban J connectivity index is 1.32. The summed E-state index contributed by atoms with van der Waals surface area (Å²) in [4.78, 5) is 54.5. The van der Waals surface area contributed by atoms with Crippen LogP contribution in [0.25, 0.3) is 6.08 Å². The van der Waals surface area contributed by atoms with Crippen molar-refractivity contribution in [3.8, 4) is 17.6 Å². The Labute approximate surface area is 321 Å². The van der Waals surface area contributed by atoms with Crippen molar-refractivity contribution >= 4 is 69.2 Å². The smallest absolute Gasteiger partial charge is 0.272 e. The van der Waals surface area contributed by atoms with E-state index in [4.69, 9.17) is 9.47 Å². The molecule has 0 saturated heterocycles. The zero-order valence-corrected chi connectivity index (χ0v) is 31.5. The molecule has 5 aromatic rings. The lowest BCUT2D eigenvalue weighted by atomic mass is 10.1. The maximum absolute atomic E-state index is 13.7. The summed E-state index contributed by atoms with van der Waals surface area (Å²) >= 11 is 2.33. The predicted octanol–water partition coefficient (Wildman–Crippen LogP) is 8.12. The zero-order chi connectivity index (χ0) is 38.6. The molecule has 274 valence electrons. The van der Waals surface area contributed by atoms with E-state index in [9.17, 15) is 24.4 Å². The second kappa shape index (κ2) is 18.4. The van der Waals surface area contributed by atoms with Crippen LogP contribution in [0.2, 0.25) is 0 Å². The number of rotatable bonds is 14. The molecular formula is C41H37N5O6S2. The van der Waals surface area contributed by atoms with Gasteiger partial charge in [-0.25, -0.2) is 0 Å². The Bertz CT molecular complexity index is 2230. The van der Waals surface area contributed by atoms with Crippen molar-refractivity contribution in [2.24, 2.45) is 0 Å². The number of methoxy groups -OCH3 is 2. The third kappa shape index (κ3) is 9.74. The van der Waals surface area contributed by atoms with Crippen LogP contribution in [0.5, 0.6) is 11.5 Å². The Hall–Kier alpha value is -6.36. The Morgan fingerprint density at radius 1 is 0.815 bits per heavy atom. The molecule has 0 aliphatic carbocycles. The van der Waals surface area contributed by atoms with Crippen LogP contribution in [0.1, 0.15) is 50.1 Å². The molecule has 5 rings (SSSR count). The lowest BCUT2D eigenvalue weighted by Gasteiger charge is -2.16. The minimum absolute atomic E-state index is 0.0173. The number of nitrogens with zero attached hydrogens (tertiary/aromatic N) is 1. The molecule has 0 fully saturated rings. The number of carbonyl (C=O) groups is 4. The molecule has 4 N–H and O–H groups in total. The molecule has 0 saturated carbocycles. The van der Waals surface area contributed by atoms with Gasteiger partial charge in [0.2, 0.25) is 5.91 Å². The maximum atomic E-state index is 13.7. The first-order valence-corrected chi connectivity index (χ1v) is 18.4. The number of amides is 4. The average molecular weight is 760 g/mol. The first-order valence-electron chi connectivity index (χ1n) is 16.7. The third-order valence-corrected chi connectivity index (χ3v) is 10.6. The number of thiophene rings is 1. The molecule has 0 spiro atoms. The molecule has 4 amide bonds. The molecule has 1 unspecified atom stereocenters. The summed E-state index contributed by atoms with van der Waals surface area (Å²) in [6.45, 7) is 3.55. The van der Waals surface area contributed by atoms with Gasteiger partial charge in [-0.05, 0) is 85.1 Å². The van der Waals surface area contributed by atoms with E-state index in [2.05, 4.69) is 27.3 Å². The minimum Gasteiger partial charge on any atom is -0.493 e. The molecular weight excluding hydrogens is 723 g/mol. The van der Waals surface area contributed by atoms with E-state index < -0.39 is 17.1 Å². The van der Waals surface area contributed by atoms with Crippen LogP contribution in [0.4, 0.5) is 16.4 Å². The van der Waals surface area contributed by atoms with Crippen LogP contribution in [0, 0.1) is 18.3 Å². The van der Waals surface area contributed by atoms with Crippen molar-refractivity contribution in [2.75, 3.05) is 30.2 Å². The summed E-state index contributed by atoms with van der Waals surface area (Å²) < 4.78 is 10.7. The number of ether oxygens (including phenoxy) is 2. The van der Waals surface area contributed by atoms with Crippen molar-refractivity contribution in [3.05, 3.63) is 136 Å². The summed E-state index contributed by atoms with van der Waals surface area (Å²) in [6, 6.07) is 31.7. The molecule has 0 aliphatic rings. The topological polar surface area (TPSA) is 159 Å². The molecule has 13 heteroatoms. The monoisotopic (exact) mass is 759 g/mol. The van der Waals surface area contributed by atoms with Gasteiger partial charge in [-0.1, -0.05) is 55.5 Å². The van der Waals surface area contributed by atoms with Gasteiger partial charge in [0.1, 0.15) is 16.8 Å². The molecule has 0 aliphatic heterocycles. The van der Waals surface area contributed by atoms with Gasteiger partial charge in [0.05, 0.1) is 29.9 Å². The summed E-state index contributed by atoms with van der Waals surface area (Å²) in [7, 11) is 3.03. The van der Waals surface area contributed by atoms with Gasteiger partial charge in [0, 0.05) is 21.8 Å². The van der Waals surface area contributed by atoms with Gasteiger partial charge in [0.25, 0.3) is 17.7 Å². The SMILES string of the molecule is CCC(Sc1cccc(NC(=O)/C(=C\c2ccc(OC)c(OC)c2)NC(=O)c2ccccc2)c1)C(=O)Nc1sc(C(=O)Nc2ccccc2)c(C)c1C#N. The number of thioether (sulfide) groups is 1. The third-order valence-electron chi connectivity index (χ3n) is 8.01.